The number of hydrogen-bond acceptors (Lipinski definition) is 8. The van der Waals surface area contributed by atoms with Crippen LogP contribution >= 0.6 is 0 Å². The summed E-state index contributed by atoms with van der Waals surface area (Å²) in [7, 11) is 5.40. The third-order valence-corrected chi connectivity index (χ3v) is 0.603. The van der Waals surface area contributed by atoms with E-state index in [1.54, 1.807) is 21.1 Å². The Morgan fingerprint density at radius 2 is 1.05 bits per heavy atom. The van der Waals surface area contributed by atoms with Crippen LogP contribution in [0, 0.1) is 30.3 Å². The van der Waals surface area contributed by atoms with E-state index in [-0.39, 0.29) is 6.54 Å². The molecule has 0 aliphatic heterocycles. The molecule has 0 fully saturated rings. The molecule has 0 heterocycles. The van der Waals surface area contributed by atoms with Gasteiger partial charge in [0, 0.05) is 0 Å². The number of carbonyl (C=O) groups is 1. The lowest BCUT2D eigenvalue weighted by Crippen LogP contribution is -2.45. The predicted molar refractivity (Wildman–Crippen MR) is 54.2 cm³/mol. The zero-order chi connectivity index (χ0) is 17.5. The maximum Gasteiger partial charge on any atom is 0.291 e. The zero-order valence-electron chi connectivity index (χ0n) is 10.6. The van der Waals surface area contributed by atoms with Gasteiger partial charge in [0.1, 0.15) is 6.54 Å². The summed E-state index contributed by atoms with van der Waals surface area (Å²) in [5, 5.41) is 50.8. The van der Waals surface area contributed by atoms with Crippen LogP contribution < -0.4 is 5.11 Å². The minimum absolute atomic E-state index is 0.0694. The number of carboxylic acid groups (broad SMARTS) is 1. The van der Waals surface area contributed by atoms with Gasteiger partial charge in [-0.3, -0.25) is 0 Å². The van der Waals surface area contributed by atoms with Crippen LogP contribution in [0.3, 0.4) is 0 Å². The molecule has 0 aliphatic rings. The van der Waals surface area contributed by atoms with Gasteiger partial charge in [0.2, 0.25) is 0 Å². The highest BCUT2D eigenvalue weighted by molar-refractivity contribution is 5.65. The fourth-order valence-electron chi connectivity index (χ4n) is 0.387. The molecule has 0 aromatic heterocycles. The van der Waals surface area contributed by atoms with Crippen molar-refractivity contribution in [1.29, 1.82) is 0 Å². The van der Waals surface area contributed by atoms with Crippen molar-refractivity contribution >= 4 is 5.97 Å². The molecule has 20 heavy (non-hydrogen) atoms. The minimum Gasteiger partial charge on any atom is -0.544 e. The molecule has 0 saturated heterocycles. The number of likely N-dealkylation sites (N-methyl/N-ethyl adjacent to an activating group) is 1. The van der Waals surface area contributed by atoms with Gasteiger partial charge >= 0.3 is 0 Å². The molecule has 0 unspecified atom stereocenters. The van der Waals surface area contributed by atoms with Crippen LogP contribution in [-0.4, -0.2) is 69.0 Å². The fourth-order valence-corrected chi connectivity index (χ4v) is 0.387. The van der Waals surface area contributed by atoms with Crippen LogP contribution in [0.5, 0.6) is 0 Å². The van der Waals surface area contributed by atoms with Crippen LogP contribution in [0.15, 0.2) is 0 Å². The summed E-state index contributed by atoms with van der Waals surface area (Å²) in [6.45, 7) is 0.0694. The lowest BCUT2D eigenvalue weighted by molar-refractivity contribution is -0.864. The second kappa shape index (κ2) is 14.1. The Morgan fingerprint density at radius 1 is 0.900 bits per heavy atom. The smallest absolute Gasteiger partial charge is 0.291 e. The number of hydrogen-bond donors (Lipinski definition) is 3. The molecule has 0 atom stereocenters. The van der Waals surface area contributed by atoms with Gasteiger partial charge in [0.05, 0.1) is 27.1 Å². The molecule has 0 rings (SSSR count). The number of carboxylic acids is 1. The van der Waals surface area contributed by atoms with Gasteiger partial charge in [0.25, 0.3) is 15.3 Å². The maximum atomic E-state index is 9.89. The topological polar surface area (TPSA) is 230 Å². The van der Waals surface area contributed by atoms with Crippen LogP contribution in [-0.2, 0) is 4.79 Å². The number of carbonyl (C=O) groups excluding carboxylic acids is 1. The first-order valence-corrected chi connectivity index (χ1v) is 4.12. The van der Waals surface area contributed by atoms with Gasteiger partial charge in [-0.25, -0.2) is 0 Å². The lowest BCUT2D eigenvalue weighted by Gasteiger charge is -2.23. The van der Waals surface area contributed by atoms with E-state index in [9.17, 15) is 9.90 Å². The summed E-state index contributed by atoms with van der Waals surface area (Å²) >= 11 is 0. The van der Waals surface area contributed by atoms with Crippen LogP contribution in [0.2, 0.25) is 0 Å². The van der Waals surface area contributed by atoms with E-state index in [1.807, 2.05) is 0 Å². The van der Waals surface area contributed by atoms with Crippen LogP contribution in [0.4, 0.5) is 0 Å². The van der Waals surface area contributed by atoms with Crippen molar-refractivity contribution in [1.82, 2.24) is 0 Å². The van der Waals surface area contributed by atoms with Gasteiger partial charge in [-0.15, -0.1) is 30.3 Å². The molecule has 0 saturated carbocycles. The highest BCUT2D eigenvalue weighted by Crippen LogP contribution is 1.84. The van der Waals surface area contributed by atoms with E-state index >= 15 is 0 Å². The van der Waals surface area contributed by atoms with E-state index in [0.717, 1.165) is 0 Å². The molecule has 0 aromatic carbocycles. The molecule has 15 heteroatoms. The number of aliphatic carboxylic acids is 1. The van der Waals surface area contributed by atoms with Gasteiger partial charge in [-0.2, -0.15) is 0 Å². The standard InChI is InChI=1S/C5H11NO2.3HNO3/c1-6(2,3)4-5(7)8;3*2-1(3)4/h4H2,1-3H3;3*(H,2,3,4). The van der Waals surface area contributed by atoms with Crippen LogP contribution in [0.25, 0.3) is 0 Å². The zero-order valence-corrected chi connectivity index (χ0v) is 10.6. The Morgan fingerprint density at radius 3 is 1.05 bits per heavy atom. The fraction of sp³-hybridized carbons (Fsp3) is 0.800. The third kappa shape index (κ3) is 718. The molecule has 0 radical (unpaired) electrons. The number of quaternary nitrogens is 1. The van der Waals surface area contributed by atoms with E-state index in [2.05, 4.69) is 0 Å². The molecule has 0 aromatic rings. The summed E-state index contributed by atoms with van der Waals surface area (Å²) in [6.07, 6.45) is 0. The molecule has 15 nitrogen and oxygen atoms in total. The first-order valence-electron chi connectivity index (χ1n) is 4.12. The summed E-state index contributed by atoms with van der Waals surface area (Å²) in [4.78, 5) is 35.0. The van der Waals surface area contributed by atoms with Gasteiger partial charge in [-0.05, 0) is 0 Å². The van der Waals surface area contributed by atoms with Gasteiger partial charge in [0.15, 0.2) is 0 Å². The Labute approximate surface area is 110 Å². The van der Waals surface area contributed by atoms with E-state index < -0.39 is 21.2 Å². The summed E-state index contributed by atoms with van der Waals surface area (Å²) in [5.74, 6) is -1.00. The highest BCUT2D eigenvalue weighted by atomic mass is 16.9. The first kappa shape index (κ1) is 25.8. The molecule has 0 aliphatic carbocycles. The largest absolute Gasteiger partial charge is 0.544 e. The molecule has 120 valence electrons. The van der Waals surface area contributed by atoms with E-state index in [0.29, 0.717) is 4.48 Å². The predicted octanol–water partition coefficient (Wildman–Crippen LogP) is -2.60. The van der Waals surface area contributed by atoms with E-state index in [1.165, 1.54) is 0 Å². The van der Waals surface area contributed by atoms with Crippen molar-refractivity contribution in [3.8, 4) is 0 Å². The molecule has 3 N–H and O–H groups in total. The Bertz CT molecular complexity index is 270. The number of nitrogens with zero attached hydrogens (tertiary/aromatic N) is 4. The summed E-state index contributed by atoms with van der Waals surface area (Å²) in [6, 6.07) is 0. The van der Waals surface area contributed by atoms with Crippen molar-refractivity contribution in [2.24, 2.45) is 0 Å². The van der Waals surface area contributed by atoms with Gasteiger partial charge in [-0.1, -0.05) is 0 Å². The van der Waals surface area contributed by atoms with Crippen molar-refractivity contribution < 1.29 is 45.3 Å². The van der Waals surface area contributed by atoms with Crippen molar-refractivity contribution in [2.45, 2.75) is 0 Å². The van der Waals surface area contributed by atoms with E-state index in [4.69, 9.17) is 46.0 Å². The SMILES string of the molecule is C[N+](C)(C)CC(=O)[O-].O=[N+]([O-])O.O=[N+]([O-])O.O=[N+]([O-])O. The number of rotatable bonds is 2. The Kier molecular flexibility index (Phi) is 18.2. The summed E-state index contributed by atoms with van der Waals surface area (Å²) in [5.41, 5.74) is 0. The first-order chi connectivity index (χ1) is 8.61. The monoisotopic (exact) mass is 306 g/mol. The molecule has 0 bridgehead atoms. The Balaban J connectivity index is -0.0000000917. The second-order valence-electron chi connectivity index (χ2n) is 3.53. The Hall–Kier alpha value is -2.97. The molecular weight excluding hydrogens is 292 g/mol. The highest BCUT2D eigenvalue weighted by Gasteiger charge is 2.04. The maximum absolute atomic E-state index is 9.89. The van der Waals surface area contributed by atoms with Crippen molar-refractivity contribution in [3.63, 3.8) is 0 Å². The van der Waals surface area contributed by atoms with Gasteiger partial charge < -0.3 is 30.0 Å². The third-order valence-electron chi connectivity index (χ3n) is 0.603. The second-order valence-corrected chi connectivity index (χ2v) is 3.53. The normalized spacial score (nSPS) is 8.15. The van der Waals surface area contributed by atoms with Crippen molar-refractivity contribution in [3.05, 3.63) is 30.3 Å². The quantitative estimate of drug-likeness (QED) is 0.271. The molecule has 0 amide bonds. The minimum atomic E-state index is -1.50. The average molecular weight is 306 g/mol. The lowest BCUT2D eigenvalue weighted by atomic mass is 10.5. The average Bonchev–Trinajstić information content (AvgIpc) is 1.92. The van der Waals surface area contributed by atoms with Crippen LogP contribution in [0.1, 0.15) is 0 Å². The molecular formula is C5H14N4O11. The molecule has 0 spiro atoms. The van der Waals surface area contributed by atoms with Crippen molar-refractivity contribution in [2.75, 3.05) is 27.7 Å². The summed E-state index contributed by atoms with van der Waals surface area (Å²) < 4.78 is 0.419.